The number of hydrogen-bond donors (Lipinski definition) is 1. The molecule has 1 N–H and O–H groups in total. The van der Waals surface area contributed by atoms with Crippen LogP contribution in [0.3, 0.4) is 0 Å². The first-order valence-corrected chi connectivity index (χ1v) is 6.27. The third-order valence-electron chi connectivity index (χ3n) is 3.17. The van der Waals surface area contributed by atoms with E-state index < -0.39 is 17.8 Å². The summed E-state index contributed by atoms with van der Waals surface area (Å²) in [5.41, 5.74) is 1.01. The summed E-state index contributed by atoms with van der Waals surface area (Å²) in [6, 6.07) is 12.5. The Kier molecular flexibility index (Phi) is 4.14. The maximum atomic E-state index is 12.9. The second-order valence-corrected chi connectivity index (χ2v) is 4.79. The molecule has 2 aromatic rings. The van der Waals surface area contributed by atoms with Gasteiger partial charge in [0.05, 0.1) is 11.7 Å². The van der Waals surface area contributed by atoms with E-state index in [-0.39, 0.29) is 12.0 Å². The van der Waals surface area contributed by atoms with Crippen LogP contribution in [0, 0.1) is 6.92 Å². The van der Waals surface area contributed by atoms with Crippen LogP contribution in [0.15, 0.2) is 48.5 Å². The minimum Gasteiger partial charge on any atom is -0.388 e. The third kappa shape index (κ3) is 3.39. The average Bonchev–Trinajstić information content (AvgIpc) is 2.40. The lowest BCUT2D eigenvalue weighted by atomic mass is 9.96. The Labute approximate surface area is 115 Å². The van der Waals surface area contributed by atoms with Gasteiger partial charge in [-0.3, -0.25) is 0 Å². The summed E-state index contributed by atoms with van der Waals surface area (Å²) >= 11 is 0. The van der Waals surface area contributed by atoms with Gasteiger partial charge >= 0.3 is 6.18 Å². The molecule has 2 rings (SSSR count). The van der Waals surface area contributed by atoms with E-state index in [1.54, 1.807) is 0 Å². The standard InChI is InChI=1S/C16H15F3O/c1-11-6-8-12(9-7-11)10-15(20)13-4-2-3-5-14(13)16(17,18)19/h2-9,15,20H,10H2,1H3. The van der Waals surface area contributed by atoms with Gasteiger partial charge in [0.2, 0.25) is 0 Å². The van der Waals surface area contributed by atoms with Crippen LogP contribution in [-0.2, 0) is 12.6 Å². The smallest absolute Gasteiger partial charge is 0.388 e. The molecule has 0 saturated carbocycles. The summed E-state index contributed by atoms with van der Waals surface area (Å²) in [6.07, 6.45) is -5.46. The highest BCUT2D eigenvalue weighted by atomic mass is 19.4. The molecule has 4 heteroatoms. The lowest BCUT2D eigenvalue weighted by molar-refractivity contribution is -0.139. The lowest BCUT2D eigenvalue weighted by Gasteiger charge is -2.17. The van der Waals surface area contributed by atoms with Gasteiger partial charge in [0, 0.05) is 6.42 Å². The van der Waals surface area contributed by atoms with Crippen LogP contribution in [0.1, 0.15) is 28.4 Å². The number of aliphatic hydroxyl groups is 1. The van der Waals surface area contributed by atoms with Crippen molar-refractivity contribution in [2.24, 2.45) is 0 Å². The minimum atomic E-state index is -4.45. The molecule has 106 valence electrons. The Morgan fingerprint density at radius 1 is 1.00 bits per heavy atom. The minimum absolute atomic E-state index is 0.0828. The van der Waals surface area contributed by atoms with E-state index in [0.717, 1.165) is 17.2 Å². The zero-order chi connectivity index (χ0) is 14.8. The van der Waals surface area contributed by atoms with Crippen molar-refractivity contribution in [1.82, 2.24) is 0 Å². The molecule has 20 heavy (non-hydrogen) atoms. The molecule has 0 heterocycles. The monoisotopic (exact) mass is 280 g/mol. The summed E-state index contributed by atoms with van der Waals surface area (Å²) in [6.45, 7) is 1.93. The number of halogens is 3. The summed E-state index contributed by atoms with van der Waals surface area (Å²) < 4.78 is 38.7. The predicted molar refractivity (Wildman–Crippen MR) is 71.3 cm³/mol. The molecule has 0 aliphatic carbocycles. The van der Waals surface area contributed by atoms with E-state index in [2.05, 4.69) is 0 Å². The summed E-state index contributed by atoms with van der Waals surface area (Å²) in [7, 11) is 0. The fourth-order valence-corrected chi connectivity index (χ4v) is 2.10. The van der Waals surface area contributed by atoms with E-state index in [1.165, 1.54) is 18.2 Å². The highest BCUT2D eigenvalue weighted by Gasteiger charge is 2.34. The second-order valence-electron chi connectivity index (χ2n) is 4.79. The zero-order valence-electron chi connectivity index (χ0n) is 11.0. The van der Waals surface area contributed by atoms with Crippen molar-refractivity contribution in [3.05, 3.63) is 70.8 Å². The molecule has 0 radical (unpaired) electrons. The van der Waals surface area contributed by atoms with E-state index >= 15 is 0 Å². The molecule has 0 spiro atoms. The van der Waals surface area contributed by atoms with Crippen molar-refractivity contribution in [1.29, 1.82) is 0 Å². The average molecular weight is 280 g/mol. The van der Waals surface area contributed by atoms with Gasteiger partial charge in [0.1, 0.15) is 0 Å². The fraction of sp³-hybridized carbons (Fsp3) is 0.250. The van der Waals surface area contributed by atoms with Crippen molar-refractivity contribution in [2.75, 3.05) is 0 Å². The number of alkyl halides is 3. The zero-order valence-corrected chi connectivity index (χ0v) is 11.0. The van der Waals surface area contributed by atoms with Gasteiger partial charge < -0.3 is 5.11 Å². The maximum Gasteiger partial charge on any atom is 0.416 e. The molecule has 2 aromatic carbocycles. The van der Waals surface area contributed by atoms with Gasteiger partial charge in [-0.2, -0.15) is 13.2 Å². The second kappa shape index (κ2) is 5.67. The number of benzene rings is 2. The first kappa shape index (κ1) is 14.6. The van der Waals surface area contributed by atoms with Gasteiger partial charge in [0.25, 0.3) is 0 Å². The summed E-state index contributed by atoms with van der Waals surface area (Å²) in [5, 5.41) is 10.1. The van der Waals surface area contributed by atoms with Gasteiger partial charge in [-0.25, -0.2) is 0 Å². The van der Waals surface area contributed by atoms with Crippen LogP contribution in [0.5, 0.6) is 0 Å². The fourth-order valence-electron chi connectivity index (χ4n) is 2.10. The summed E-state index contributed by atoms with van der Waals surface area (Å²) in [4.78, 5) is 0. The van der Waals surface area contributed by atoms with Crippen LogP contribution in [0.2, 0.25) is 0 Å². The van der Waals surface area contributed by atoms with Crippen molar-refractivity contribution in [2.45, 2.75) is 25.6 Å². The van der Waals surface area contributed by atoms with Crippen LogP contribution < -0.4 is 0 Å². The molecular weight excluding hydrogens is 265 g/mol. The van der Waals surface area contributed by atoms with Crippen molar-refractivity contribution >= 4 is 0 Å². The third-order valence-corrected chi connectivity index (χ3v) is 3.17. The predicted octanol–water partition coefficient (Wildman–Crippen LogP) is 4.29. The number of rotatable bonds is 3. The lowest BCUT2D eigenvalue weighted by Crippen LogP contribution is -2.13. The van der Waals surface area contributed by atoms with Crippen molar-refractivity contribution in [3.63, 3.8) is 0 Å². The molecule has 0 bridgehead atoms. The molecule has 0 fully saturated rings. The quantitative estimate of drug-likeness (QED) is 0.889. The molecule has 1 unspecified atom stereocenters. The molecule has 0 aromatic heterocycles. The molecule has 0 aliphatic heterocycles. The topological polar surface area (TPSA) is 20.2 Å². The number of hydrogen-bond acceptors (Lipinski definition) is 1. The molecule has 1 nitrogen and oxygen atoms in total. The highest BCUT2D eigenvalue weighted by molar-refractivity contribution is 5.33. The Hall–Kier alpha value is -1.81. The first-order valence-electron chi connectivity index (χ1n) is 6.27. The van der Waals surface area contributed by atoms with E-state index in [4.69, 9.17) is 0 Å². The highest BCUT2D eigenvalue weighted by Crippen LogP contribution is 2.35. The Morgan fingerprint density at radius 3 is 2.20 bits per heavy atom. The SMILES string of the molecule is Cc1ccc(CC(O)c2ccccc2C(F)(F)F)cc1. The van der Waals surface area contributed by atoms with Gasteiger partial charge in [0.15, 0.2) is 0 Å². The molecule has 0 aliphatic rings. The van der Waals surface area contributed by atoms with Gasteiger partial charge in [-0.05, 0) is 24.1 Å². The van der Waals surface area contributed by atoms with Crippen molar-refractivity contribution in [3.8, 4) is 0 Å². The van der Waals surface area contributed by atoms with Gasteiger partial charge in [-0.1, -0.05) is 48.0 Å². The normalized spacial score (nSPS) is 13.2. The summed E-state index contributed by atoms with van der Waals surface area (Å²) in [5.74, 6) is 0. The van der Waals surface area contributed by atoms with E-state index in [9.17, 15) is 18.3 Å². The molecule has 0 amide bonds. The number of aryl methyl sites for hydroxylation is 1. The van der Waals surface area contributed by atoms with Crippen molar-refractivity contribution < 1.29 is 18.3 Å². The number of aliphatic hydroxyl groups excluding tert-OH is 1. The first-order chi connectivity index (χ1) is 9.38. The Morgan fingerprint density at radius 2 is 1.60 bits per heavy atom. The van der Waals surface area contributed by atoms with E-state index in [0.29, 0.717) is 0 Å². The molecule has 0 saturated heterocycles. The van der Waals surface area contributed by atoms with E-state index in [1.807, 2.05) is 31.2 Å². The Bertz CT molecular complexity index is 573. The molecular formula is C16H15F3O. The van der Waals surface area contributed by atoms with Crippen LogP contribution in [-0.4, -0.2) is 5.11 Å². The van der Waals surface area contributed by atoms with Gasteiger partial charge in [-0.15, -0.1) is 0 Å². The van der Waals surface area contributed by atoms with Crippen LogP contribution in [0.4, 0.5) is 13.2 Å². The van der Waals surface area contributed by atoms with Crippen LogP contribution in [0.25, 0.3) is 0 Å². The molecule has 1 atom stereocenters. The Balaban J connectivity index is 2.25. The largest absolute Gasteiger partial charge is 0.416 e. The van der Waals surface area contributed by atoms with Crippen LogP contribution >= 0.6 is 0 Å². The maximum absolute atomic E-state index is 12.9.